The maximum absolute atomic E-state index is 12.2. The lowest BCUT2D eigenvalue weighted by atomic mass is 10.1. The minimum absolute atomic E-state index is 0.0329. The normalized spacial score (nSPS) is 10.8. The number of halogens is 1. The lowest BCUT2D eigenvalue weighted by Crippen LogP contribution is -2.24. The molecule has 2 N–H and O–H groups in total. The summed E-state index contributed by atoms with van der Waals surface area (Å²) in [7, 11) is 0. The van der Waals surface area contributed by atoms with E-state index >= 15 is 0 Å². The molecule has 3 nitrogen and oxygen atoms in total. The highest BCUT2D eigenvalue weighted by molar-refractivity contribution is 6.35. The number of carbonyl (C=O) groups excluding carboxylic acids is 1. The first kappa shape index (κ1) is 13.0. The zero-order valence-corrected chi connectivity index (χ0v) is 11.4. The fraction of sp³-hybridized carbons (Fsp3) is 0.357. The number of nitrogens with one attached hydrogen (secondary N) is 2. The van der Waals surface area contributed by atoms with Gasteiger partial charge in [0, 0.05) is 17.6 Å². The van der Waals surface area contributed by atoms with E-state index in [9.17, 15) is 4.79 Å². The highest BCUT2D eigenvalue weighted by Crippen LogP contribution is 2.27. The third-order valence-electron chi connectivity index (χ3n) is 3.01. The topological polar surface area (TPSA) is 44.9 Å². The molecular weight excluding hydrogens is 248 g/mol. The van der Waals surface area contributed by atoms with Gasteiger partial charge in [0.15, 0.2) is 0 Å². The molecule has 0 unspecified atom stereocenters. The van der Waals surface area contributed by atoms with Crippen molar-refractivity contribution in [1.82, 2.24) is 10.3 Å². The van der Waals surface area contributed by atoms with Gasteiger partial charge in [-0.05, 0) is 19.4 Å². The zero-order valence-electron chi connectivity index (χ0n) is 10.6. The van der Waals surface area contributed by atoms with Crippen LogP contribution in [-0.2, 0) is 0 Å². The fourth-order valence-corrected chi connectivity index (χ4v) is 2.29. The van der Waals surface area contributed by atoms with Gasteiger partial charge in [-0.15, -0.1) is 0 Å². The second kappa shape index (κ2) is 5.44. The molecule has 1 aromatic heterocycles. The highest BCUT2D eigenvalue weighted by atomic mass is 35.5. The maximum Gasteiger partial charge on any atom is 0.253 e. The number of rotatable bonds is 4. The second-order valence-corrected chi connectivity index (χ2v) is 4.80. The minimum atomic E-state index is -0.0329. The molecule has 0 aliphatic rings. The predicted octanol–water partition coefficient (Wildman–Crippen LogP) is 3.66. The van der Waals surface area contributed by atoms with Crippen LogP contribution in [0.5, 0.6) is 0 Å². The summed E-state index contributed by atoms with van der Waals surface area (Å²) in [6, 6.07) is 5.60. The van der Waals surface area contributed by atoms with Gasteiger partial charge in [-0.3, -0.25) is 4.79 Å². The molecule has 0 saturated carbocycles. The van der Waals surface area contributed by atoms with Crippen molar-refractivity contribution in [2.24, 2.45) is 0 Å². The van der Waals surface area contributed by atoms with Crippen LogP contribution in [0.15, 0.2) is 18.2 Å². The van der Waals surface area contributed by atoms with Gasteiger partial charge in [-0.2, -0.15) is 0 Å². The molecule has 2 rings (SSSR count). The molecular formula is C14H17ClN2O. The molecule has 0 atom stereocenters. The molecule has 0 saturated heterocycles. The van der Waals surface area contributed by atoms with Crippen molar-refractivity contribution in [2.45, 2.75) is 26.7 Å². The Kier molecular flexibility index (Phi) is 3.92. The number of carbonyl (C=O) groups is 1. The third kappa shape index (κ3) is 2.36. The fourth-order valence-electron chi connectivity index (χ4n) is 2.07. The number of para-hydroxylation sites is 1. The van der Waals surface area contributed by atoms with Crippen molar-refractivity contribution in [3.63, 3.8) is 0 Å². The summed E-state index contributed by atoms with van der Waals surface area (Å²) in [5.41, 5.74) is 2.38. The van der Waals surface area contributed by atoms with E-state index in [0.29, 0.717) is 17.1 Å². The summed E-state index contributed by atoms with van der Waals surface area (Å²) in [6.45, 7) is 4.70. The van der Waals surface area contributed by atoms with Gasteiger partial charge in [-0.25, -0.2) is 0 Å². The van der Waals surface area contributed by atoms with Crippen LogP contribution >= 0.6 is 11.6 Å². The Labute approximate surface area is 112 Å². The number of unbranched alkanes of at least 4 members (excludes halogenated alkanes) is 1. The largest absolute Gasteiger partial charge is 0.357 e. The second-order valence-electron chi connectivity index (χ2n) is 4.40. The van der Waals surface area contributed by atoms with Gasteiger partial charge < -0.3 is 10.3 Å². The Morgan fingerprint density at radius 2 is 2.22 bits per heavy atom. The smallest absolute Gasteiger partial charge is 0.253 e. The number of aromatic nitrogens is 1. The summed E-state index contributed by atoms with van der Waals surface area (Å²) in [5, 5.41) is 4.46. The van der Waals surface area contributed by atoms with Crippen molar-refractivity contribution in [3.8, 4) is 0 Å². The number of aryl methyl sites for hydroxylation is 1. The number of hydrogen-bond acceptors (Lipinski definition) is 1. The number of fused-ring (bicyclic) bond motifs is 1. The van der Waals surface area contributed by atoms with Crippen LogP contribution in [0.1, 0.15) is 35.8 Å². The zero-order chi connectivity index (χ0) is 13.1. The van der Waals surface area contributed by atoms with E-state index in [4.69, 9.17) is 11.6 Å². The van der Waals surface area contributed by atoms with E-state index < -0.39 is 0 Å². The van der Waals surface area contributed by atoms with Crippen LogP contribution in [0.25, 0.3) is 10.9 Å². The molecule has 4 heteroatoms. The summed E-state index contributed by atoms with van der Waals surface area (Å²) in [5.74, 6) is -0.0329. The van der Waals surface area contributed by atoms with E-state index in [1.165, 1.54) is 0 Å². The molecule has 0 fully saturated rings. The molecule has 96 valence electrons. The van der Waals surface area contributed by atoms with Crippen LogP contribution in [0.4, 0.5) is 0 Å². The van der Waals surface area contributed by atoms with Gasteiger partial charge in [0.25, 0.3) is 5.91 Å². The molecule has 0 aliphatic heterocycles. The lowest BCUT2D eigenvalue weighted by molar-refractivity contribution is 0.0954. The SMILES string of the molecule is CCCCNC(=O)c1c(C)[nH]c2c(Cl)cccc12. The Balaban J connectivity index is 2.35. The minimum Gasteiger partial charge on any atom is -0.357 e. The molecule has 1 aromatic carbocycles. The third-order valence-corrected chi connectivity index (χ3v) is 3.33. The average molecular weight is 265 g/mol. The van der Waals surface area contributed by atoms with E-state index in [-0.39, 0.29) is 5.91 Å². The molecule has 2 aromatic rings. The maximum atomic E-state index is 12.2. The number of amides is 1. The predicted molar refractivity (Wildman–Crippen MR) is 75.3 cm³/mol. The first-order chi connectivity index (χ1) is 8.65. The van der Waals surface area contributed by atoms with E-state index in [1.54, 1.807) is 0 Å². The van der Waals surface area contributed by atoms with E-state index in [2.05, 4.69) is 17.2 Å². The van der Waals surface area contributed by atoms with Gasteiger partial charge in [-0.1, -0.05) is 37.1 Å². The number of hydrogen-bond donors (Lipinski definition) is 2. The number of H-pyrrole nitrogens is 1. The Bertz CT molecular complexity index is 574. The molecule has 18 heavy (non-hydrogen) atoms. The van der Waals surface area contributed by atoms with Crippen LogP contribution in [0, 0.1) is 6.92 Å². The van der Waals surface area contributed by atoms with Crippen molar-refractivity contribution < 1.29 is 4.79 Å². The van der Waals surface area contributed by atoms with Crippen molar-refractivity contribution in [2.75, 3.05) is 6.54 Å². The van der Waals surface area contributed by atoms with E-state index in [1.807, 2.05) is 25.1 Å². The number of benzene rings is 1. The molecule has 0 bridgehead atoms. The molecule has 1 amide bonds. The van der Waals surface area contributed by atoms with Crippen molar-refractivity contribution in [3.05, 3.63) is 34.5 Å². The summed E-state index contributed by atoms with van der Waals surface area (Å²) < 4.78 is 0. The molecule has 0 radical (unpaired) electrons. The summed E-state index contributed by atoms with van der Waals surface area (Å²) >= 11 is 6.11. The Morgan fingerprint density at radius 3 is 2.94 bits per heavy atom. The monoisotopic (exact) mass is 264 g/mol. The van der Waals surface area contributed by atoms with Crippen LogP contribution < -0.4 is 5.32 Å². The van der Waals surface area contributed by atoms with E-state index in [0.717, 1.165) is 29.4 Å². The van der Waals surface area contributed by atoms with Crippen LogP contribution in [0.3, 0.4) is 0 Å². The van der Waals surface area contributed by atoms with Crippen LogP contribution in [0.2, 0.25) is 5.02 Å². The first-order valence-corrected chi connectivity index (χ1v) is 6.58. The molecule has 1 heterocycles. The van der Waals surface area contributed by atoms with Gasteiger partial charge in [0.2, 0.25) is 0 Å². The Morgan fingerprint density at radius 1 is 1.44 bits per heavy atom. The lowest BCUT2D eigenvalue weighted by Gasteiger charge is -2.04. The Hall–Kier alpha value is -1.48. The summed E-state index contributed by atoms with van der Waals surface area (Å²) in [4.78, 5) is 15.3. The van der Waals surface area contributed by atoms with Crippen LogP contribution in [-0.4, -0.2) is 17.4 Å². The van der Waals surface area contributed by atoms with Gasteiger partial charge in [0.1, 0.15) is 0 Å². The summed E-state index contributed by atoms with van der Waals surface area (Å²) in [6.07, 6.45) is 2.06. The number of aromatic amines is 1. The molecule has 0 spiro atoms. The van der Waals surface area contributed by atoms with Crippen molar-refractivity contribution >= 4 is 28.4 Å². The first-order valence-electron chi connectivity index (χ1n) is 6.20. The van der Waals surface area contributed by atoms with Gasteiger partial charge >= 0.3 is 0 Å². The molecule has 0 aliphatic carbocycles. The van der Waals surface area contributed by atoms with Gasteiger partial charge in [0.05, 0.1) is 16.1 Å². The quantitative estimate of drug-likeness (QED) is 0.814. The average Bonchev–Trinajstić information content (AvgIpc) is 2.67. The highest BCUT2D eigenvalue weighted by Gasteiger charge is 2.16. The van der Waals surface area contributed by atoms with Crippen molar-refractivity contribution in [1.29, 1.82) is 0 Å². The standard InChI is InChI=1S/C14H17ClN2O/c1-3-4-8-16-14(18)12-9(2)17-13-10(12)6-5-7-11(13)15/h5-7,17H,3-4,8H2,1-2H3,(H,16,18).